The molecule has 0 aliphatic carbocycles. The van der Waals surface area contributed by atoms with Crippen molar-refractivity contribution in [1.29, 1.82) is 0 Å². The third kappa shape index (κ3) is 3.74. The average Bonchev–Trinajstić information content (AvgIpc) is 2.31. The summed E-state index contributed by atoms with van der Waals surface area (Å²) in [5.41, 5.74) is 0.665. The van der Waals surface area contributed by atoms with E-state index in [9.17, 15) is 0 Å². The Labute approximate surface area is 102 Å². The molecule has 1 atom stereocenters. The summed E-state index contributed by atoms with van der Waals surface area (Å²) in [7, 11) is 0. The quantitative estimate of drug-likeness (QED) is 0.749. The molecule has 1 rings (SSSR count). The molecule has 1 aliphatic rings. The highest BCUT2D eigenvalue weighted by atomic mass is 15.2. The number of nitrogens with one attached hydrogen (secondary N) is 1. The van der Waals surface area contributed by atoms with Gasteiger partial charge < -0.3 is 10.2 Å². The molecule has 0 aromatic rings. The van der Waals surface area contributed by atoms with Crippen molar-refractivity contribution < 1.29 is 0 Å². The van der Waals surface area contributed by atoms with Crippen molar-refractivity contribution in [3.63, 3.8) is 0 Å². The molecule has 0 aromatic carbocycles. The Morgan fingerprint density at radius 2 is 1.69 bits per heavy atom. The topological polar surface area (TPSA) is 15.3 Å². The maximum Gasteiger partial charge on any atom is 0.0166 e. The summed E-state index contributed by atoms with van der Waals surface area (Å²) in [4.78, 5) is 2.64. The zero-order chi connectivity index (χ0) is 12.0. The lowest BCUT2D eigenvalue weighted by Gasteiger charge is -2.41. The van der Waals surface area contributed by atoms with Crippen LogP contribution in [0.5, 0.6) is 0 Å². The fraction of sp³-hybridized carbons (Fsp3) is 1.00. The first-order valence-corrected chi connectivity index (χ1v) is 7.11. The lowest BCUT2D eigenvalue weighted by Crippen LogP contribution is -2.45. The molecule has 1 heterocycles. The molecule has 2 nitrogen and oxygen atoms in total. The van der Waals surface area contributed by atoms with E-state index < -0.39 is 0 Å². The number of likely N-dealkylation sites (N-methyl/N-ethyl adjacent to an activating group) is 1. The smallest absolute Gasteiger partial charge is 0.0166 e. The van der Waals surface area contributed by atoms with Crippen LogP contribution in [0.25, 0.3) is 0 Å². The highest BCUT2D eigenvalue weighted by Gasteiger charge is 2.31. The predicted molar refractivity (Wildman–Crippen MR) is 71.8 cm³/mol. The van der Waals surface area contributed by atoms with Crippen molar-refractivity contribution in [2.75, 3.05) is 26.2 Å². The SMILES string of the molecule is CCNC(C)CN1CCC(CC)(CC)CC1. The van der Waals surface area contributed by atoms with Crippen molar-refractivity contribution in [2.45, 2.75) is 59.4 Å². The third-order valence-corrected chi connectivity index (χ3v) is 4.50. The zero-order valence-corrected chi connectivity index (χ0v) is 11.7. The van der Waals surface area contributed by atoms with Gasteiger partial charge in [0.05, 0.1) is 0 Å². The monoisotopic (exact) mass is 226 g/mol. The van der Waals surface area contributed by atoms with Crippen LogP contribution in [-0.4, -0.2) is 37.1 Å². The van der Waals surface area contributed by atoms with Crippen LogP contribution in [0.3, 0.4) is 0 Å². The molecule has 0 aromatic heterocycles. The second-order valence-electron chi connectivity index (χ2n) is 5.47. The second-order valence-corrected chi connectivity index (χ2v) is 5.47. The van der Waals surface area contributed by atoms with E-state index in [4.69, 9.17) is 0 Å². The Morgan fingerprint density at radius 3 is 2.12 bits per heavy atom. The van der Waals surface area contributed by atoms with Crippen molar-refractivity contribution >= 4 is 0 Å². The predicted octanol–water partition coefficient (Wildman–Crippen LogP) is 2.89. The van der Waals surface area contributed by atoms with E-state index in [1.165, 1.54) is 45.3 Å². The minimum atomic E-state index is 0.640. The van der Waals surface area contributed by atoms with Crippen LogP contribution in [0.15, 0.2) is 0 Å². The van der Waals surface area contributed by atoms with Crippen molar-refractivity contribution in [3.8, 4) is 0 Å². The van der Waals surface area contributed by atoms with Crippen LogP contribution in [0.2, 0.25) is 0 Å². The number of nitrogens with zero attached hydrogens (tertiary/aromatic N) is 1. The third-order valence-electron chi connectivity index (χ3n) is 4.50. The van der Waals surface area contributed by atoms with Crippen LogP contribution in [0.1, 0.15) is 53.4 Å². The Kier molecular flexibility index (Phi) is 5.77. The highest BCUT2D eigenvalue weighted by molar-refractivity contribution is 4.84. The summed E-state index contributed by atoms with van der Waals surface area (Å²) >= 11 is 0. The average molecular weight is 226 g/mol. The van der Waals surface area contributed by atoms with Crippen molar-refractivity contribution in [2.24, 2.45) is 5.41 Å². The Morgan fingerprint density at radius 1 is 1.12 bits per heavy atom. The van der Waals surface area contributed by atoms with Gasteiger partial charge >= 0.3 is 0 Å². The Balaban J connectivity index is 2.31. The van der Waals surface area contributed by atoms with Crippen molar-refractivity contribution in [3.05, 3.63) is 0 Å². The summed E-state index contributed by atoms with van der Waals surface area (Å²) in [6, 6.07) is 0.640. The first kappa shape index (κ1) is 14.0. The molecule has 1 aliphatic heterocycles. The standard InChI is InChI=1S/C14H30N2/c1-5-14(6-2)8-10-16(11-9-14)12-13(4)15-7-3/h13,15H,5-12H2,1-4H3. The molecule has 1 fully saturated rings. The van der Waals surface area contributed by atoms with Gasteiger partial charge in [0, 0.05) is 12.6 Å². The first-order chi connectivity index (χ1) is 7.65. The van der Waals surface area contributed by atoms with E-state index in [-0.39, 0.29) is 0 Å². The highest BCUT2D eigenvalue weighted by Crippen LogP contribution is 2.37. The number of hydrogen-bond donors (Lipinski definition) is 1. The summed E-state index contributed by atoms with van der Waals surface area (Å²) in [6.07, 6.45) is 5.53. The van der Waals surface area contributed by atoms with Gasteiger partial charge in [0.25, 0.3) is 0 Å². The van der Waals surface area contributed by atoms with Crippen LogP contribution in [-0.2, 0) is 0 Å². The molecule has 96 valence electrons. The number of rotatable bonds is 6. The van der Waals surface area contributed by atoms with Gasteiger partial charge in [0.2, 0.25) is 0 Å². The Hall–Kier alpha value is -0.0800. The molecule has 1 saturated heterocycles. The fourth-order valence-corrected chi connectivity index (χ4v) is 2.97. The van der Waals surface area contributed by atoms with Crippen LogP contribution in [0, 0.1) is 5.41 Å². The van der Waals surface area contributed by atoms with E-state index in [0.717, 1.165) is 6.54 Å². The molecule has 0 radical (unpaired) electrons. The number of hydrogen-bond acceptors (Lipinski definition) is 2. The van der Waals surface area contributed by atoms with E-state index in [1.807, 2.05) is 0 Å². The fourth-order valence-electron chi connectivity index (χ4n) is 2.97. The molecule has 2 heteroatoms. The molecular weight excluding hydrogens is 196 g/mol. The minimum Gasteiger partial charge on any atom is -0.313 e. The van der Waals surface area contributed by atoms with E-state index in [0.29, 0.717) is 11.5 Å². The van der Waals surface area contributed by atoms with E-state index >= 15 is 0 Å². The van der Waals surface area contributed by atoms with Gasteiger partial charge in [-0.3, -0.25) is 0 Å². The lowest BCUT2D eigenvalue weighted by molar-refractivity contribution is 0.0900. The maximum atomic E-state index is 3.50. The molecular formula is C14H30N2. The molecule has 1 N–H and O–H groups in total. The Bertz CT molecular complexity index is 177. The van der Waals surface area contributed by atoms with E-state index in [2.05, 4.69) is 37.9 Å². The molecule has 16 heavy (non-hydrogen) atoms. The van der Waals surface area contributed by atoms with Gasteiger partial charge in [-0.1, -0.05) is 33.6 Å². The van der Waals surface area contributed by atoms with Gasteiger partial charge in [0.1, 0.15) is 0 Å². The molecule has 0 bridgehead atoms. The summed E-state index contributed by atoms with van der Waals surface area (Å²) in [5, 5.41) is 3.50. The first-order valence-electron chi connectivity index (χ1n) is 7.11. The largest absolute Gasteiger partial charge is 0.313 e. The molecule has 0 amide bonds. The minimum absolute atomic E-state index is 0.640. The summed E-state index contributed by atoms with van der Waals surface area (Å²) < 4.78 is 0. The molecule has 0 spiro atoms. The van der Waals surface area contributed by atoms with E-state index in [1.54, 1.807) is 0 Å². The normalized spacial score (nSPS) is 23.2. The van der Waals surface area contributed by atoms with Crippen LogP contribution in [0.4, 0.5) is 0 Å². The van der Waals surface area contributed by atoms with Gasteiger partial charge in [-0.05, 0) is 44.8 Å². The van der Waals surface area contributed by atoms with Gasteiger partial charge in [-0.15, -0.1) is 0 Å². The van der Waals surface area contributed by atoms with Gasteiger partial charge in [0.15, 0.2) is 0 Å². The number of likely N-dealkylation sites (tertiary alicyclic amines) is 1. The zero-order valence-electron chi connectivity index (χ0n) is 11.7. The number of piperidine rings is 1. The van der Waals surface area contributed by atoms with Crippen LogP contribution < -0.4 is 5.32 Å². The maximum absolute atomic E-state index is 3.50. The van der Waals surface area contributed by atoms with Gasteiger partial charge in [-0.25, -0.2) is 0 Å². The molecule has 0 saturated carbocycles. The molecule has 1 unspecified atom stereocenters. The lowest BCUT2D eigenvalue weighted by atomic mass is 9.74. The second kappa shape index (κ2) is 6.61. The van der Waals surface area contributed by atoms with Crippen LogP contribution >= 0.6 is 0 Å². The van der Waals surface area contributed by atoms with Crippen molar-refractivity contribution in [1.82, 2.24) is 10.2 Å². The summed E-state index contributed by atoms with van der Waals surface area (Å²) in [6.45, 7) is 14.1. The summed E-state index contributed by atoms with van der Waals surface area (Å²) in [5.74, 6) is 0. The van der Waals surface area contributed by atoms with Gasteiger partial charge in [-0.2, -0.15) is 0 Å².